The lowest BCUT2D eigenvalue weighted by Crippen LogP contribution is -2.03. The van der Waals surface area contributed by atoms with Crippen molar-refractivity contribution in [2.24, 2.45) is 0 Å². The highest BCUT2D eigenvalue weighted by Crippen LogP contribution is 2.36. The molecule has 0 bridgehead atoms. The van der Waals surface area contributed by atoms with E-state index in [1.54, 1.807) is 0 Å². The summed E-state index contributed by atoms with van der Waals surface area (Å²) in [5.41, 5.74) is 4.90. The quantitative estimate of drug-likeness (QED) is 0.674. The van der Waals surface area contributed by atoms with Gasteiger partial charge in [-0.25, -0.2) is 0 Å². The van der Waals surface area contributed by atoms with E-state index in [2.05, 4.69) is 9.68 Å². The number of nitrogens with two attached hydrogens (primary N) is 1. The van der Waals surface area contributed by atoms with Crippen LogP contribution in [-0.2, 0) is 6.18 Å². The standard InChI is InChI=1S/C4H2ClF3N2O/c5-1-2(4(6,7)8)11-10-3(1)9/h(H2,9,10). The van der Waals surface area contributed by atoms with Crippen molar-refractivity contribution in [2.75, 3.05) is 5.73 Å². The summed E-state index contributed by atoms with van der Waals surface area (Å²) < 4.78 is 39.2. The summed E-state index contributed by atoms with van der Waals surface area (Å²) in [6.07, 6.45) is -4.64. The van der Waals surface area contributed by atoms with Crippen LogP contribution in [0.25, 0.3) is 0 Å². The van der Waals surface area contributed by atoms with E-state index in [1.165, 1.54) is 0 Å². The van der Waals surface area contributed by atoms with Crippen LogP contribution in [0.15, 0.2) is 4.52 Å². The molecule has 1 aromatic rings. The lowest BCUT2D eigenvalue weighted by molar-refractivity contribution is -0.155. The summed E-state index contributed by atoms with van der Waals surface area (Å²) in [5.74, 6) is -1.82. The summed E-state index contributed by atoms with van der Waals surface area (Å²) in [7, 11) is 0. The summed E-state index contributed by atoms with van der Waals surface area (Å²) >= 11 is 5.09. The van der Waals surface area contributed by atoms with Crippen molar-refractivity contribution in [1.82, 2.24) is 5.16 Å². The normalized spacial score (nSPS) is 12.0. The molecule has 0 amide bonds. The Bertz CT molecular complexity index is 269. The first kappa shape index (κ1) is 8.19. The molecule has 3 nitrogen and oxygen atoms in total. The van der Waals surface area contributed by atoms with Gasteiger partial charge >= 0.3 is 6.18 Å². The van der Waals surface area contributed by atoms with Gasteiger partial charge in [-0.2, -0.15) is 13.2 Å². The Morgan fingerprint density at radius 1 is 1.45 bits per heavy atom. The highest BCUT2D eigenvalue weighted by molar-refractivity contribution is 6.33. The van der Waals surface area contributed by atoms with Crippen molar-refractivity contribution in [3.63, 3.8) is 0 Å². The van der Waals surface area contributed by atoms with Crippen molar-refractivity contribution >= 4 is 17.4 Å². The maximum Gasteiger partial charge on any atom is 0.454 e. The van der Waals surface area contributed by atoms with Crippen molar-refractivity contribution < 1.29 is 17.7 Å². The third-order valence-electron chi connectivity index (χ3n) is 0.917. The molecule has 0 atom stereocenters. The smallest absolute Gasteiger partial charge is 0.380 e. The lowest BCUT2D eigenvalue weighted by atomic mass is 10.4. The number of nitrogens with zero attached hydrogens (tertiary/aromatic N) is 1. The van der Waals surface area contributed by atoms with Crippen molar-refractivity contribution in [2.45, 2.75) is 6.18 Å². The second-order valence-electron chi connectivity index (χ2n) is 1.71. The summed E-state index contributed by atoms with van der Waals surface area (Å²) in [5, 5.41) is 2.14. The SMILES string of the molecule is Nc1noc(C(F)(F)F)c1Cl. The van der Waals surface area contributed by atoms with Crippen LogP contribution in [0.3, 0.4) is 0 Å². The second-order valence-corrected chi connectivity index (χ2v) is 2.09. The van der Waals surface area contributed by atoms with Gasteiger partial charge in [-0.1, -0.05) is 16.8 Å². The van der Waals surface area contributed by atoms with Crippen LogP contribution in [-0.4, -0.2) is 5.16 Å². The Kier molecular flexibility index (Phi) is 1.71. The van der Waals surface area contributed by atoms with Crippen LogP contribution in [0.5, 0.6) is 0 Å². The molecule has 0 saturated carbocycles. The van der Waals surface area contributed by atoms with Crippen LogP contribution < -0.4 is 5.73 Å². The van der Waals surface area contributed by atoms with Crippen molar-refractivity contribution in [3.8, 4) is 0 Å². The van der Waals surface area contributed by atoms with E-state index in [-0.39, 0.29) is 0 Å². The van der Waals surface area contributed by atoms with E-state index >= 15 is 0 Å². The van der Waals surface area contributed by atoms with Gasteiger partial charge in [-0.3, -0.25) is 0 Å². The molecule has 0 aliphatic carbocycles. The van der Waals surface area contributed by atoms with Crippen LogP contribution in [0.2, 0.25) is 5.02 Å². The molecule has 0 spiro atoms. The van der Waals surface area contributed by atoms with Gasteiger partial charge in [0.1, 0.15) is 5.02 Å². The highest BCUT2D eigenvalue weighted by atomic mass is 35.5. The molecule has 7 heteroatoms. The maximum absolute atomic E-state index is 11.8. The Balaban J connectivity index is 3.15. The van der Waals surface area contributed by atoms with Gasteiger partial charge in [0.25, 0.3) is 5.76 Å². The summed E-state index contributed by atoms with van der Waals surface area (Å²) in [6.45, 7) is 0. The molecule has 1 rings (SSSR count). The molecule has 1 aromatic heterocycles. The van der Waals surface area contributed by atoms with Gasteiger partial charge in [-0.05, 0) is 0 Å². The first-order valence-corrected chi connectivity index (χ1v) is 2.78. The predicted molar refractivity (Wildman–Crippen MR) is 30.9 cm³/mol. The fourth-order valence-corrected chi connectivity index (χ4v) is 0.644. The van der Waals surface area contributed by atoms with Crippen molar-refractivity contribution in [3.05, 3.63) is 10.8 Å². The first-order valence-electron chi connectivity index (χ1n) is 2.40. The van der Waals surface area contributed by atoms with Gasteiger partial charge in [0.2, 0.25) is 0 Å². The minimum absolute atomic E-state index is 0.459. The molecule has 1 heterocycles. The topological polar surface area (TPSA) is 52.0 Å². The molecule has 0 unspecified atom stereocenters. The number of nitrogen functional groups attached to an aromatic ring is 1. The zero-order valence-electron chi connectivity index (χ0n) is 4.94. The minimum Gasteiger partial charge on any atom is -0.380 e. The molecule has 0 aliphatic rings. The lowest BCUT2D eigenvalue weighted by Gasteiger charge is -1.98. The number of aromatic nitrogens is 1. The Morgan fingerprint density at radius 2 is 2.00 bits per heavy atom. The van der Waals surface area contributed by atoms with E-state index in [4.69, 9.17) is 17.3 Å². The molecule has 0 saturated heterocycles. The van der Waals surface area contributed by atoms with Gasteiger partial charge in [0.15, 0.2) is 5.82 Å². The van der Waals surface area contributed by atoms with E-state index in [1.807, 2.05) is 0 Å². The van der Waals surface area contributed by atoms with Crippen LogP contribution >= 0.6 is 11.6 Å². The largest absolute Gasteiger partial charge is 0.454 e. The molecule has 0 aromatic carbocycles. The average Bonchev–Trinajstić information content (AvgIpc) is 2.11. The van der Waals surface area contributed by atoms with Crippen LogP contribution in [0.1, 0.15) is 5.76 Å². The first-order chi connectivity index (χ1) is 4.93. The third-order valence-corrected chi connectivity index (χ3v) is 1.28. The fraction of sp³-hybridized carbons (Fsp3) is 0.250. The predicted octanol–water partition coefficient (Wildman–Crippen LogP) is 1.93. The maximum atomic E-state index is 11.8. The van der Waals surface area contributed by atoms with Gasteiger partial charge < -0.3 is 10.3 Å². The molecular weight excluding hydrogens is 185 g/mol. The Hall–Kier alpha value is -0.910. The van der Waals surface area contributed by atoms with E-state index < -0.39 is 22.8 Å². The number of halogens is 4. The highest BCUT2D eigenvalue weighted by Gasteiger charge is 2.39. The zero-order chi connectivity index (χ0) is 8.65. The Labute approximate surface area is 63.9 Å². The van der Waals surface area contributed by atoms with Gasteiger partial charge in [-0.15, -0.1) is 0 Å². The molecule has 0 fully saturated rings. The number of rotatable bonds is 0. The summed E-state index contributed by atoms with van der Waals surface area (Å²) in [4.78, 5) is 0. The Morgan fingerprint density at radius 3 is 2.18 bits per heavy atom. The zero-order valence-corrected chi connectivity index (χ0v) is 5.70. The van der Waals surface area contributed by atoms with E-state index in [0.29, 0.717) is 0 Å². The van der Waals surface area contributed by atoms with Gasteiger partial charge in [0, 0.05) is 0 Å². The number of hydrogen-bond acceptors (Lipinski definition) is 3. The van der Waals surface area contributed by atoms with Crippen molar-refractivity contribution in [1.29, 1.82) is 0 Å². The third kappa shape index (κ3) is 1.40. The van der Waals surface area contributed by atoms with Crippen LogP contribution in [0.4, 0.5) is 19.0 Å². The molecule has 2 N–H and O–H groups in total. The monoisotopic (exact) mass is 186 g/mol. The number of anilines is 1. The number of alkyl halides is 3. The fourth-order valence-electron chi connectivity index (χ4n) is 0.467. The van der Waals surface area contributed by atoms with Crippen LogP contribution in [0, 0.1) is 0 Å². The molecule has 62 valence electrons. The van der Waals surface area contributed by atoms with E-state index in [9.17, 15) is 13.2 Å². The molecular formula is C4H2ClF3N2O. The second kappa shape index (κ2) is 2.30. The van der Waals surface area contributed by atoms with Gasteiger partial charge in [0.05, 0.1) is 0 Å². The van der Waals surface area contributed by atoms with E-state index in [0.717, 1.165) is 0 Å². The average molecular weight is 187 g/mol. The minimum atomic E-state index is -4.64. The molecule has 11 heavy (non-hydrogen) atoms. The summed E-state index contributed by atoms with van der Waals surface area (Å²) in [6, 6.07) is 0. The molecule has 0 radical (unpaired) electrons. The molecule has 0 aliphatic heterocycles. The number of hydrogen-bond donors (Lipinski definition) is 1.